The van der Waals surface area contributed by atoms with E-state index in [1.165, 1.54) is 30.0 Å². The Labute approximate surface area is 155 Å². The monoisotopic (exact) mass is 398 g/mol. The molecule has 0 N–H and O–H groups in total. The number of nitrogens with zero attached hydrogens (tertiary/aromatic N) is 4. The highest BCUT2D eigenvalue weighted by atomic mass is 32.2. The SMILES string of the molecule is COC(=O)c1csc(S(=O)(=O)N2CCN(c3nccc(OC)n3)CC2)c1. The van der Waals surface area contributed by atoms with Crippen molar-refractivity contribution in [2.45, 2.75) is 4.21 Å². The summed E-state index contributed by atoms with van der Waals surface area (Å²) in [5.41, 5.74) is 0.236. The highest BCUT2D eigenvalue weighted by Gasteiger charge is 2.31. The molecule has 0 aliphatic carbocycles. The van der Waals surface area contributed by atoms with Gasteiger partial charge in [-0.15, -0.1) is 11.3 Å². The van der Waals surface area contributed by atoms with Crippen molar-refractivity contribution >= 4 is 33.3 Å². The maximum atomic E-state index is 12.8. The first-order chi connectivity index (χ1) is 12.5. The van der Waals surface area contributed by atoms with E-state index in [9.17, 15) is 13.2 Å². The van der Waals surface area contributed by atoms with Gasteiger partial charge in [0.15, 0.2) is 0 Å². The summed E-state index contributed by atoms with van der Waals surface area (Å²) >= 11 is 1.01. The second-order valence-electron chi connectivity index (χ2n) is 5.44. The van der Waals surface area contributed by atoms with E-state index in [-0.39, 0.29) is 9.77 Å². The number of anilines is 1. The summed E-state index contributed by atoms with van der Waals surface area (Å²) in [6.07, 6.45) is 1.60. The molecule has 1 aliphatic rings. The lowest BCUT2D eigenvalue weighted by Crippen LogP contribution is -2.49. The van der Waals surface area contributed by atoms with Gasteiger partial charge in [-0.1, -0.05) is 0 Å². The van der Waals surface area contributed by atoms with Crippen LogP contribution >= 0.6 is 11.3 Å². The Balaban J connectivity index is 1.70. The molecule has 1 aliphatic heterocycles. The second kappa shape index (κ2) is 7.56. The largest absolute Gasteiger partial charge is 0.481 e. The number of ether oxygens (including phenoxy) is 2. The van der Waals surface area contributed by atoms with Gasteiger partial charge in [0.05, 0.1) is 19.8 Å². The van der Waals surface area contributed by atoms with Gasteiger partial charge in [-0.05, 0) is 6.07 Å². The summed E-state index contributed by atoms with van der Waals surface area (Å²) in [5, 5.41) is 1.49. The summed E-state index contributed by atoms with van der Waals surface area (Å²) in [6.45, 7) is 1.52. The van der Waals surface area contributed by atoms with Gasteiger partial charge in [0.1, 0.15) is 4.21 Å². The lowest BCUT2D eigenvalue weighted by Gasteiger charge is -2.33. The molecule has 2 aromatic heterocycles. The summed E-state index contributed by atoms with van der Waals surface area (Å²) in [5.74, 6) is 0.409. The van der Waals surface area contributed by atoms with E-state index in [0.29, 0.717) is 38.0 Å². The molecule has 3 rings (SSSR count). The van der Waals surface area contributed by atoms with Crippen LogP contribution in [0.2, 0.25) is 0 Å². The number of methoxy groups -OCH3 is 2. The predicted molar refractivity (Wildman–Crippen MR) is 95.2 cm³/mol. The molecule has 0 saturated carbocycles. The van der Waals surface area contributed by atoms with Crippen molar-refractivity contribution in [1.29, 1.82) is 0 Å². The molecule has 0 unspecified atom stereocenters. The minimum atomic E-state index is -3.65. The molecule has 0 amide bonds. The average Bonchev–Trinajstić information content (AvgIpc) is 3.18. The Hall–Kier alpha value is -2.24. The summed E-state index contributed by atoms with van der Waals surface area (Å²) in [4.78, 5) is 21.9. The number of piperazine rings is 1. The fraction of sp³-hybridized carbons (Fsp3) is 0.400. The Bertz CT molecular complexity index is 891. The van der Waals surface area contributed by atoms with E-state index in [1.807, 2.05) is 4.90 Å². The first-order valence-electron chi connectivity index (χ1n) is 7.74. The maximum Gasteiger partial charge on any atom is 0.338 e. The van der Waals surface area contributed by atoms with Crippen molar-refractivity contribution in [2.24, 2.45) is 0 Å². The molecule has 3 heterocycles. The Kier molecular flexibility index (Phi) is 5.39. The fourth-order valence-corrected chi connectivity index (χ4v) is 5.25. The third-order valence-electron chi connectivity index (χ3n) is 3.94. The number of thiophene rings is 1. The molecule has 0 bridgehead atoms. The van der Waals surface area contributed by atoms with Crippen molar-refractivity contribution in [3.63, 3.8) is 0 Å². The topological polar surface area (TPSA) is 102 Å². The van der Waals surface area contributed by atoms with Crippen LogP contribution in [-0.2, 0) is 14.8 Å². The first kappa shape index (κ1) is 18.5. The van der Waals surface area contributed by atoms with Crippen LogP contribution in [0.25, 0.3) is 0 Å². The van der Waals surface area contributed by atoms with Gasteiger partial charge in [-0.2, -0.15) is 9.29 Å². The highest BCUT2D eigenvalue weighted by Crippen LogP contribution is 2.26. The van der Waals surface area contributed by atoms with E-state index in [4.69, 9.17) is 4.74 Å². The number of esters is 1. The molecule has 0 radical (unpaired) electrons. The van der Waals surface area contributed by atoms with Gasteiger partial charge in [0.25, 0.3) is 10.0 Å². The van der Waals surface area contributed by atoms with Gasteiger partial charge < -0.3 is 14.4 Å². The molecule has 1 fully saturated rings. The Morgan fingerprint density at radius 2 is 1.96 bits per heavy atom. The third kappa shape index (κ3) is 3.64. The van der Waals surface area contributed by atoms with E-state index in [1.54, 1.807) is 12.3 Å². The molecular weight excluding hydrogens is 380 g/mol. The molecule has 0 aromatic carbocycles. The third-order valence-corrected chi connectivity index (χ3v) is 7.25. The summed E-state index contributed by atoms with van der Waals surface area (Å²) in [7, 11) is -0.863. The van der Waals surface area contributed by atoms with Crippen LogP contribution < -0.4 is 9.64 Å². The van der Waals surface area contributed by atoms with Crippen LogP contribution in [0.5, 0.6) is 5.88 Å². The molecule has 9 nitrogen and oxygen atoms in total. The molecular formula is C15H18N4O5S2. The first-order valence-corrected chi connectivity index (χ1v) is 10.1. The number of sulfonamides is 1. The van der Waals surface area contributed by atoms with Crippen molar-refractivity contribution < 1.29 is 22.7 Å². The highest BCUT2D eigenvalue weighted by molar-refractivity contribution is 7.91. The van der Waals surface area contributed by atoms with Crippen molar-refractivity contribution in [2.75, 3.05) is 45.3 Å². The quantitative estimate of drug-likeness (QED) is 0.683. The lowest BCUT2D eigenvalue weighted by molar-refractivity contribution is 0.0601. The lowest BCUT2D eigenvalue weighted by atomic mass is 10.3. The van der Waals surface area contributed by atoms with Gasteiger partial charge in [-0.25, -0.2) is 18.2 Å². The zero-order valence-electron chi connectivity index (χ0n) is 14.3. The van der Waals surface area contributed by atoms with Crippen molar-refractivity contribution in [3.8, 4) is 5.88 Å². The molecule has 0 spiro atoms. The summed E-state index contributed by atoms with van der Waals surface area (Å²) < 4.78 is 36.8. The normalized spacial score (nSPS) is 15.7. The van der Waals surface area contributed by atoms with Crippen molar-refractivity contribution in [1.82, 2.24) is 14.3 Å². The molecule has 1 saturated heterocycles. The molecule has 140 valence electrons. The standard InChI is InChI=1S/C15H18N4O5S2/c1-23-12-3-4-16-15(17-12)18-5-7-19(8-6-18)26(21,22)13-9-11(10-25-13)14(20)24-2/h3-4,9-10H,5-8H2,1-2H3. The zero-order chi connectivity index (χ0) is 18.7. The van der Waals surface area contributed by atoms with Crippen LogP contribution in [0.4, 0.5) is 5.95 Å². The van der Waals surface area contributed by atoms with E-state index < -0.39 is 16.0 Å². The average molecular weight is 398 g/mol. The molecule has 2 aromatic rings. The van der Waals surface area contributed by atoms with E-state index in [2.05, 4.69) is 14.7 Å². The maximum absolute atomic E-state index is 12.8. The van der Waals surface area contributed by atoms with Crippen LogP contribution in [0, 0.1) is 0 Å². The molecule has 0 atom stereocenters. The number of hydrogen-bond acceptors (Lipinski definition) is 9. The van der Waals surface area contributed by atoms with Crippen LogP contribution in [-0.4, -0.2) is 69.1 Å². The van der Waals surface area contributed by atoms with Crippen LogP contribution in [0.15, 0.2) is 27.9 Å². The van der Waals surface area contributed by atoms with Crippen molar-refractivity contribution in [3.05, 3.63) is 29.3 Å². The fourth-order valence-electron chi connectivity index (χ4n) is 2.53. The second-order valence-corrected chi connectivity index (χ2v) is 8.51. The van der Waals surface area contributed by atoms with Crippen LogP contribution in [0.3, 0.4) is 0 Å². The zero-order valence-corrected chi connectivity index (χ0v) is 15.9. The summed E-state index contributed by atoms with van der Waals surface area (Å²) in [6, 6.07) is 3.00. The number of aromatic nitrogens is 2. The van der Waals surface area contributed by atoms with Crippen LogP contribution in [0.1, 0.15) is 10.4 Å². The van der Waals surface area contributed by atoms with Gasteiger partial charge in [-0.3, -0.25) is 0 Å². The smallest absolute Gasteiger partial charge is 0.338 e. The Morgan fingerprint density at radius 3 is 2.62 bits per heavy atom. The number of carbonyl (C=O) groups is 1. The predicted octanol–water partition coefficient (Wildman–Crippen LogP) is 0.844. The minimum Gasteiger partial charge on any atom is -0.481 e. The van der Waals surface area contributed by atoms with Gasteiger partial charge in [0.2, 0.25) is 11.8 Å². The Morgan fingerprint density at radius 1 is 1.23 bits per heavy atom. The van der Waals surface area contributed by atoms with E-state index >= 15 is 0 Å². The van der Waals surface area contributed by atoms with Gasteiger partial charge in [0, 0.05) is 43.8 Å². The van der Waals surface area contributed by atoms with E-state index in [0.717, 1.165) is 11.3 Å². The number of carbonyl (C=O) groups excluding carboxylic acids is 1. The van der Waals surface area contributed by atoms with Gasteiger partial charge >= 0.3 is 5.97 Å². The molecule has 26 heavy (non-hydrogen) atoms. The molecule has 11 heteroatoms. The number of hydrogen-bond donors (Lipinski definition) is 0. The number of rotatable bonds is 5. The minimum absolute atomic E-state index is 0.129.